The van der Waals surface area contributed by atoms with E-state index in [-0.39, 0.29) is 12.7 Å². The Labute approximate surface area is 153 Å². The molecule has 6 heteroatoms. The number of hydrogen-bond acceptors (Lipinski definition) is 5. The predicted molar refractivity (Wildman–Crippen MR) is 96.1 cm³/mol. The topological polar surface area (TPSA) is 63.9 Å². The summed E-state index contributed by atoms with van der Waals surface area (Å²) in [6, 6.07) is 9.30. The second-order valence-corrected chi connectivity index (χ2v) is 7.09. The fraction of sp³-hybridized carbons (Fsp3) is 0.450. The van der Waals surface area contributed by atoms with Gasteiger partial charge in [-0.2, -0.15) is 0 Å². The second kappa shape index (κ2) is 7.41. The highest BCUT2D eigenvalue weighted by atomic mass is 16.7. The normalized spacial score (nSPS) is 17.4. The van der Waals surface area contributed by atoms with E-state index in [9.17, 15) is 4.79 Å². The summed E-state index contributed by atoms with van der Waals surface area (Å²) in [6.45, 7) is 5.90. The number of carbonyl (C=O) groups excluding carboxylic acids is 1. The van der Waals surface area contributed by atoms with Gasteiger partial charge in [-0.3, -0.25) is 9.69 Å². The van der Waals surface area contributed by atoms with Gasteiger partial charge in [0.2, 0.25) is 6.79 Å². The van der Waals surface area contributed by atoms with E-state index in [0.29, 0.717) is 18.1 Å². The maximum Gasteiger partial charge on any atom is 0.287 e. The van der Waals surface area contributed by atoms with Crippen molar-refractivity contribution in [1.82, 2.24) is 10.2 Å². The van der Waals surface area contributed by atoms with Crippen molar-refractivity contribution in [3.63, 3.8) is 0 Å². The van der Waals surface area contributed by atoms with Crippen molar-refractivity contribution in [2.75, 3.05) is 19.9 Å². The van der Waals surface area contributed by atoms with Crippen molar-refractivity contribution in [2.45, 2.75) is 32.9 Å². The maximum absolute atomic E-state index is 12.3. The lowest BCUT2D eigenvalue weighted by molar-refractivity contribution is 0.0917. The third kappa shape index (κ3) is 3.85. The quantitative estimate of drug-likeness (QED) is 0.891. The predicted octanol–water partition coefficient (Wildman–Crippen LogP) is 3.17. The molecule has 1 aromatic heterocycles. The summed E-state index contributed by atoms with van der Waals surface area (Å²) in [5, 5.41) is 2.89. The van der Waals surface area contributed by atoms with Gasteiger partial charge in [0.15, 0.2) is 17.3 Å². The van der Waals surface area contributed by atoms with Crippen LogP contribution in [0.4, 0.5) is 0 Å². The lowest BCUT2D eigenvalue weighted by Crippen LogP contribution is -2.32. The highest BCUT2D eigenvalue weighted by Gasteiger charge is 2.18. The Morgan fingerprint density at radius 1 is 1.15 bits per heavy atom. The Kier molecular flexibility index (Phi) is 4.84. The van der Waals surface area contributed by atoms with Gasteiger partial charge < -0.3 is 19.2 Å². The summed E-state index contributed by atoms with van der Waals surface area (Å²) in [5.41, 5.74) is 0.955. The molecule has 138 valence electrons. The molecule has 1 fully saturated rings. The number of likely N-dealkylation sites (tertiary alicyclic amines) is 1. The molecule has 6 nitrogen and oxygen atoms in total. The molecule has 0 atom stereocenters. The average Bonchev–Trinajstić information content (AvgIpc) is 3.30. The van der Waals surface area contributed by atoms with Crippen molar-refractivity contribution in [3.8, 4) is 11.5 Å². The monoisotopic (exact) mass is 356 g/mol. The summed E-state index contributed by atoms with van der Waals surface area (Å²) in [4.78, 5) is 14.7. The van der Waals surface area contributed by atoms with Crippen molar-refractivity contribution in [3.05, 3.63) is 47.4 Å². The molecule has 0 saturated carbocycles. The van der Waals surface area contributed by atoms with Gasteiger partial charge in [0, 0.05) is 6.54 Å². The Morgan fingerprint density at radius 2 is 1.96 bits per heavy atom. The van der Waals surface area contributed by atoms with Gasteiger partial charge in [-0.15, -0.1) is 0 Å². The van der Waals surface area contributed by atoms with Crippen LogP contribution >= 0.6 is 0 Å². The number of ether oxygens (including phenoxy) is 2. The smallest absolute Gasteiger partial charge is 0.287 e. The van der Waals surface area contributed by atoms with E-state index in [2.05, 4.69) is 17.1 Å². The highest BCUT2D eigenvalue weighted by molar-refractivity contribution is 5.91. The summed E-state index contributed by atoms with van der Waals surface area (Å²) >= 11 is 0. The fourth-order valence-electron chi connectivity index (χ4n) is 3.35. The number of nitrogens with one attached hydrogen (secondary N) is 1. The molecule has 1 saturated heterocycles. The maximum atomic E-state index is 12.3. The van der Waals surface area contributed by atoms with Crippen LogP contribution in [-0.4, -0.2) is 30.7 Å². The average molecular weight is 356 g/mol. The van der Waals surface area contributed by atoms with Crippen LogP contribution in [0.5, 0.6) is 11.5 Å². The fourth-order valence-corrected chi connectivity index (χ4v) is 3.35. The van der Waals surface area contributed by atoms with Gasteiger partial charge in [-0.05, 0) is 61.7 Å². The zero-order valence-electron chi connectivity index (χ0n) is 15.0. The van der Waals surface area contributed by atoms with Gasteiger partial charge in [0.05, 0.1) is 6.54 Å². The Balaban J connectivity index is 1.30. The van der Waals surface area contributed by atoms with Gasteiger partial charge in [-0.1, -0.05) is 13.0 Å². The molecule has 0 unspecified atom stereocenters. The van der Waals surface area contributed by atoms with Gasteiger partial charge in [0.25, 0.3) is 5.91 Å². The molecule has 2 aliphatic rings. The van der Waals surface area contributed by atoms with E-state index in [1.54, 1.807) is 6.07 Å². The van der Waals surface area contributed by atoms with E-state index < -0.39 is 0 Å². The minimum absolute atomic E-state index is 0.207. The molecule has 0 bridgehead atoms. The lowest BCUT2D eigenvalue weighted by atomic mass is 9.99. The molecule has 0 spiro atoms. The Morgan fingerprint density at radius 3 is 2.81 bits per heavy atom. The van der Waals surface area contributed by atoms with E-state index >= 15 is 0 Å². The molecule has 3 heterocycles. The molecule has 1 amide bonds. The standard InChI is InChI=1S/C20H24N2O4/c1-14-6-8-22(9-7-14)12-16-3-5-18(26-16)20(23)21-11-15-2-4-17-19(10-15)25-13-24-17/h2-5,10,14H,6-9,11-13H2,1H3,(H,21,23). The van der Waals surface area contributed by atoms with Crippen LogP contribution in [0.25, 0.3) is 0 Å². The summed E-state index contributed by atoms with van der Waals surface area (Å²) in [6.07, 6.45) is 2.45. The van der Waals surface area contributed by atoms with Crippen LogP contribution in [0.15, 0.2) is 34.7 Å². The summed E-state index contributed by atoms with van der Waals surface area (Å²) in [5.74, 6) is 3.25. The second-order valence-electron chi connectivity index (χ2n) is 7.09. The minimum atomic E-state index is -0.207. The molecular formula is C20H24N2O4. The first-order chi connectivity index (χ1) is 12.7. The van der Waals surface area contributed by atoms with Crippen LogP contribution in [0.2, 0.25) is 0 Å². The van der Waals surface area contributed by atoms with Crippen molar-refractivity contribution >= 4 is 5.91 Å². The zero-order valence-corrected chi connectivity index (χ0v) is 15.0. The molecule has 2 aromatic rings. The summed E-state index contributed by atoms with van der Waals surface area (Å²) < 4.78 is 16.4. The molecule has 4 rings (SSSR count). The van der Waals surface area contributed by atoms with E-state index in [1.165, 1.54) is 12.8 Å². The van der Waals surface area contributed by atoms with E-state index in [1.807, 2.05) is 24.3 Å². The number of amides is 1. The van der Waals surface area contributed by atoms with Gasteiger partial charge in [0.1, 0.15) is 5.76 Å². The number of hydrogen-bond donors (Lipinski definition) is 1. The minimum Gasteiger partial charge on any atom is -0.455 e. The molecule has 2 aliphatic heterocycles. The number of fused-ring (bicyclic) bond motifs is 1. The van der Waals surface area contributed by atoms with Crippen molar-refractivity contribution in [1.29, 1.82) is 0 Å². The third-order valence-electron chi connectivity index (χ3n) is 5.03. The lowest BCUT2D eigenvalue weighted by Gasteiger charge is -2.29. The SMILES string of the molecule is CC1CCN(Cc2ccc(C(=O)NCc3ccc4c(c3)OCO4)o2)CC1. The first kappa shape index (κ1) is 17.0. The number of rotatable bonds is 5. The van der Waals surface area contributed by atoms with Crippen LogP contribution in [0, 0.1) is 5.92 Å². The van der Waals surface area contributed by atoms with Crippen LogP contribution in [-0.2, 0) is 13.1 Å². The number of benzene rings is 1. The first-order valence-electron chi connectivity index (χ1n) is 9.15. The molecule has 0 aliphatic carbocycles. The van der Waals surface area contributed by atoms with Crippen molar-refractivity contribution in [2.24, 2.45) is 5.92 Å². The first-order valence-corrected chi connectivity index (χ1v) is 9.15. The van der Waals surface area contributed by atoms with Crippen LogP contribution in [0.3, 0.4) is 0 Å². The largest absolute Gasteiger partial charge is 0.455 e. The van der Waals surface area contributed by atoms with E-state index in [4.69, 9.17) is 13.9 Å². The van der Waals surface area contributed by atoms with Gasteiger partial charge in [-0.25, -0.2) is 0 Å². The van der Waals surface area contributed by atoms with Crippen LogP contribution in [0.1, 0.15) is 41.6 Å². The molecule has 1 N–H and O–H groups in total. The third-order valence-corrected chi connectivity index (χ3v) is 5.03. The molecular weight excluding hydrogens is 332 g/mol. The van der Waals surface area contributed by atoms with Crippen molar-refractivity contribution < 1.29 is 18.7 Å². The van der Waals surface area contributed by atoms with E-state index in [0.717, 1.165) is 42.6 Å². The number of piperidine rings is 1. The molecule has 0 radical (unpaired) electrons. The van der Waals surface area contributed by atoms with Gasteiger partial charge >= 0.3 is 0 Å². The Bertz CT molecular complexity index is 778. The van der Waals surface area contributed by atoms with Crippen LogP contribution < -0.4 is 14.8 Å². The molecule has 1 aromatic carbocycles. The number of nitrogens with zero attached hydrogens (tertiary/aromatic N) is 1. The highest BCUT2D eigenvalue weighted by Crippen LogP contribution is 2.32. The zero-order chi connectivity index (χ0) is 17.9. The number of carbonyl (C=O) groups is 1. The Hall–Kier alpha value is -2.47. The molecule has 26 heavy (non-hydrogen) atoms. The number of furan rings is 1. The summed E-state index contributed by atoms with van der Waals surface area (Å²) in [7, 11) is 0.